The van der Waals surface area contributed by atoms with Gasteiger partial charge in [0.2, 0.25) is 5.92 Å². The number of nitrogens with one attached hydrogen (secondary N) is 1. The van der Waals surface area contributed by atoms with Crippen LogP contribution in [0.25, 0.3) is 0 Å². The molecule has 0 unspecified atom stereocenters. The molecule has 1 saturated heterocycles. The summed E-state index contributed by atoms with van der Waals surface area (Å²) in [5.74, 6) is -0.134. The molecule has 1 nitrogen and oxygen atoms in total. The fourth-order valence-electron chi connectivity index (χ4n) is 2.31. The van der Waals surface area contributed by atoms with Gasteiger partial charge in [0.1, 0.15) is 0 Å². The highest BCUT2D eigenvalue weighted by molar-refractivity contribution is 7.99. The Bertz CT molecular complexity index is 193. The zero-order valence-corrected chi connectivity index (χ0v) is 9.09. The minimum atomic E-state index is -2.42. The van der Waals surface area contributed by atoms with E-state index in [4.69, 9.17) is 0 Å². The van der Waals surface area contributed by atoms with Gasteiger partial charge in [-0.05, 0) is 25.0 Å². The second-order valence-electron chi connectivity index (χ2n) is 4.38. The van der Waals surface area contributed by atoms with E-state index in [1.54, 1.807) is 0 Å². The van der Waals surface area contributed by atoms with E-state index in [1.807, 2.05) is 11.8 Å². The third kappa shape index (κ3) is 2.83. The van der Waals surface area contributed by atoms with Gasteiger partial charge in [-0.15, -0.1) is 0 Å². The average molecular weight is 221 g/mol. The minimum Gasteiger partial charge on any atom is -0.310 e. The lowest BCUT2D eigenvalue weighted by atomic mass is 9.91. The van der Waals surface area contributed by atoms with Gasteiger partial charge in [-0.3, -0.25) is 0 Å². The van der Waals surface area contributed by atoms with Crippen molar-refractivity contribution >= 4 is 11.8 Å². The highest BCUT2D eigenvalue weighted by Crippen LogP contribution is 2.33. The van der Waals surface area contributed by atoms with Gasteiger partial charge in [-0.1, -0.05) is 0 Å². The molecule has 0 aromatic carbocycles. The number of hydrogen-bond donors (Lipinski definition) is 1. The zero-order valence-electron chi connectivity index (χ0n) is 8.27. The summed E-state index contributed by atoms with van der Waals surface area (Å²) >= 11 is 1.92. The first-order valence-electron chi connectivity index (χ1n) is 5.37. The van der Waals surface area contributed by atoms with Gasteiger partial charge in [0.05, 0.1) is 0 Å². The normalized spacial score (nSPS) is 37.3. The van der Waals surface area contributed by atoms with Crippen molar-refractivity contribution in [3.8, 4) is 0 Å². The van der Waals surface area contributed by atoms with Crippen molar-refractivity contribution in [3.05, 3.63) is 0 Å². The minimum absolute atomic E-state index is 0.0498. The summed E-state index contributed by atoms with van der Waals surface area (Å²) in [6.07, 6.45) is 2.88. The summed E-state index contributed by atoms with van der Waals surface area (Å²) in [6.45, 7) is 0. The molecule has 1 aliphatic heterocycles. The molecule has 2 rings (SSSR count). The Morgan fingerprint density at radius 3 is 2.71 bits per heavy atom. The highest BCUT2D eigenvalue weighted by Gasteiger charge is 2.36. The topological polar surface area (TPSA) is 12.0 Å². The number of hydrogen-bond acceptors (Lipinski definition) is 2. The third-order valence-corrected chi connectivity index (χ3v) is 4.20. The lowest BCUT2D eigenvalue weighted by Crippen LogP contribution is -2.44. The maximum Gasteiger partial charge on any atom is 0.249 e. The van der Waals surface area contributed by atoms with E-state index in [9.17, 15) is 8.78 Å². The molecule has 0 bridgehead atoms. The molecule has 2 atom stereocenters. The van der Waals surface area contributed by atoms with Gasteiger partial charge < -0.3 is 5.32 Å². The van der Waals surface area contributed by atoms with E-state index in [1.165, 1.54) is 5.75 Å². The van der Waals surface area contributed by atoms with Crippen LogP contribution in [0.2, 0.25) is 0 Å². The van der Waals surface area contributed by atoms with Crippen LogP contribution in [0, 0.1) is 0 Å². The molecule has 2 aliphatic rings. The van der Waals surface area contributed by atoms with Gasteiger partial charge >= 0.3 is 0 Å². The molecule has 0 amide bonds. The van der Waals surface area contributed by atoms with Crippen molar-refractivity contribution in [1.29, 1.82) is 0 Å². The second-order valence-corrected chi connectivity index (χ2v) is 5.53. The van der Waals surface area contributed by atoms with Crippen molar-refractivity contribution in [2.24, 2.45) is 0 Å². The molecule has 0 radical (unpaired) electrons. The van der Waals surface area contributed by atoms with Crippen molar-refractivity contribution in [1.82, 2.24) is 5.32 Å². The Morgan fingerprint density at radius 2 is 2.07 bits per heavy atom. The average Bonchev–Trinajstić information content (AvgIpc) is 2.54. The van der Waals surface area contributed by atoms with Crippen molar-refractivity contribution in [2.75, 3.05) is 11.5 Å². The van der Waals surface area contributed by atoms with Crippen molar-refractivity contribution in [2.45, 2.75) is 50.1 Å². The molecule has 0 aromatic heterocycles. The van der Waals surface area contributed by atoms with Crippen LogP contribution in [0.1, 0.15) is 32.1 Å². The van der Waals surface area contributed by atoms with Crippen LogP contribution < -0.4 is 5.32 Å². The van der Waals surface area contributed by atoms with Crippen molar-refractivity contribution in [3.63, 3.8) is 0 Å². The fourth-order valence-corrected chi connectivity index (χ4v) is 3.48. The fraction of sp³-hybridized carbons (Fsp3) is 1.00. The Morgan fingerprint density at radius 1 is 1.21 bits per heavy atom. The molecule has 0 spiro atoms. The van der Waals surface area contributed by atoms with Crippen LogP contribution in [0.3, 0.4) is 0 Å². The quantitative estimate of drug-likeness (QED) is 0.769. The molecule has 14 heavy (non-hydrogen) atoms. The summed E-state index contributed by atoms with van der Waals surface area (Å²) < 4.78 is 26.2. The Hall–Kier alpha value is 0.170. The van der Waals surface area contributed by atoms with Crippen LogP contribution in [-0.2, 0) is 0 Å². The summed E-state index contributed by atoms with van der Waals surface area (Å²) in [6, 6.07) is 0.543. The molecular weight excluding hydrogens is 204 g/mol. The van der Waals surface area contributed by atoms with Crippen LogP contribution in [-0.4, -0.2) is 29.5 Å². The molecule has 4 heteroatoms. The standard InChI is InChI=1S/C10H17F2NS/c11-10(12)4-1-2-8(6-10)13-9-3-5-14-7-9/h8-9,13H,1-7H2/t8-,9-/m0/s1. The van der Waals surface area contributed by atoms with Crippen LogP contribution in [0.15, 0.2) is 0 Å². The molecule has 1 heterocycles. The van der Waals surface area contributed by atoms with Gasteiger partial charge in [-0.25, -0.2) is 8.78 Å². The van der Waals surface area contributed by atoms with Gasteiger partial charge in [-0.2, -0.15) is 11.8 Å². The maximum atomic E-state index is 13.1. The molecule has 1 N–H and O–H groups in total. The Labute approximate surface area is 88.0 Å². The van der Waals surface area contributed by atoms with E-state index in [0.717, 1.165) is 18.6 Å². The molecule has 2 fully saturated rings. The maximum absolute atomic E-state index is 13.1. The van der Waals surface area contributed by atoms with E-state index >= 15 is 0 Å². The molecule has 82 valence electrons. The Balaban J connectivity index is 1.79. The second kappa shape index (κ2) is 4.35. The third-order valence-electron chi connectivity index (χ3n) is 3.04. The first-order chi connectivity index (χ1) is 6.66. The number of halogens is 2. The predicted octanol–water partition coefficient (Wildman–Crippen LogP) is 2.66. The first kappa shape index (κ1) is 10.7. The van der Waals surface area contributed by atoms with E-state index in [2.05, 4.69) is 5.32 Å². The highest BCUT2D eigenvalue weighted by atomic mass is 32.2. The lowest BCUT2D eigenvalue weighted by Gasteiger charge is -2.31. The van der Waals surface area contributed by atoms with E-state index in [0.29, 0.717) is 12.5 Å². The number of rotatable bonds is 2. The van der Waals surface area contributed by atoms with Crippen LogP contribution in [0.5, 0.6) is 0 Å². The van der Waals surface area contributed by atoms with Crippen molar-refractivity contribution < 1.29 is 8.78 Å². The van der Waals surface area contributed by atoms with Crippen LogP contribution >= 0.6 is 11.8 Å². The summed E-state index contributed by atoms with van der Waals surface area (Å²) in [4.78, 5) is 0. The predicted molar refractivity (Wildman–Crippen MR) is 56.1 cm³/mol. The van der Waals surface area contributed by atoms with Gasteiger partial charge in [0.25, 0.3) is 0 Å². The van der Waals surface area contributed by atoms with Gasteiger partial charge in [0.15, 0.2) is 0 Å². The Kier molecular flexibility index (Phi) is 3.32. The molecular formula is C10H17F2NS. The lowest BCUT2D eigenvalue weighted by molar-refractivity contribution is -0.0449. The molecule has 1 aliphatic carbocycles. The summed E-state index contributed by atoms with van der Waals surface area (Å²) in [7, 11) is 0. The van der Waals surface area contributed by atoms with Gasteiger partial charge in [0, 0.05) is 30.7 Å². The first-order valence-corrected chi connectivity index (χ1v) is 6.53. The van der Waals surface area contributed by atoms with E-state index < -0.39 is 5.92 Å². The number of thioether (sulfide) groups is 1. The zero-order chi connectivity index (χ0) is 10.0. The summed E-state index contributed by atoms with van der Waals surface area (Å²) in [5, 5.41) is 3.37. The SMILES string of the molecule is FC1(F)CCC[C@H](N[C@H]2CCSC2)C1. The molecule has 0 aromatic rings. The largest absolute Gasteiger partial charge is 0.310 e. The smallest absolute Gasteiger partial charge is 0.249 e. The number of alkyl halides is 2. The molecule has 1 saturated carbocycles. The monoisotopic (exact) mass is 221 g/mol. The van der Waals surface area contributed by atoms with Crippen LogP contribution in [0.4, 0.5) is 8.78 Å². The summed E-state index contributed by atoms with van der Waals surface area (Å²) in [5.41, 5.74) is 0. The van der Waals surface area contributed by atoms with E-state index in [-0.39, 0.29) is 18.9 Å².